The molecule has 1 aliphatic heterocycles. The first kappa shape index (κ1) is 19.7. The van der Waals surface area contributed by atoms with E-state index in [0.29, 0.717) is 31.7 Å². The highest BCUT2D eigenvalue weighted by Crippen LogP contribution is 2.34. The summed E-state index contributed by atoms with van der Waals surface area (Å²) in [5.41, 5.74) is -0.375. The summed E-state index contributed by atoms with van der Waals surface area (Å²) in [6.07, 6.45) is 1.90. The second kappa shape index (κ2) is 7.88. The fourth-order valence-electron chi connectivity index (χ4n) is 3.93. The van der Waals surface area contributed by atoms with Crippen molar-refractivity contribution in [3.05, 3.63) is 29.1 Å². The molecule has 1 aromatic heterocycles. The first-order valence-corrected chi connectivity index (χ1v) is 9.26. The molecule has 2 amide bonds. The first-order valence-electron chi connectivity index (χ1n) is 9.26. The number of ether oxygens (including phenoxy) is 1. The Morgan fingerprint density at radius 3 is 2.26 bits per heavy atom. The first-order chi connectivity index (χ1) is 12.9. The largest absolute Gasteiger partial charge is 0.368 e. The Morgan fingerprint density at radius 2 is 1.74 bits per heavy atom. The summed E-state index contributed by atoms with van der Waals surface area (Å²) in [6, 6.07) is 1.40. The van der Waals surface area contributed by atoms with Gasteiger partial charge in [0.15, 0.2) is 0 Å². The van der Waals surface area contributed by atoms with Crippen LogP contribution >= 0.6 is 0 Å². The molecule has 0 radical (unpaired) electrons. The van der Waals surface area contributed by atoms with E-state index in [9.17, 15) is 18.4 Å². The molecule has 0 spiro atoms. The number of carbonyl (C=O) groups is 2. The predicted molar refractivity (Wildman–Crippen MR) is 94.6 cm³/mol. The van der Waals surface area contributed by atoms with Gasteiger partial charge >= 0.3 is 0 Å². The van der Waals surface area contributed by atoms with Gasteiger partial charge in [-0.05, 0) is 44.2 Å². The van der Waals surface area contributed by atoms with Crippen molar-refractivity contribution >= 4 is 11.8 Å². The van der Waals surface area contributed by atoms with E-state index in [1.165, 1.54) is 6.07 Å². The van der Waals surface area contributed by atoms with Gasteiger partial charge in [-0.25, -0.2) is 8.78 Å². The van der Waals surface area contributed by atoms with Gasteiger partial charge in [-0.1, -0.05) is 0 Å². The lowest BCUT2D eigenvalue weighted by molar-refractivity contribution is -0.155. The van der Waals surface area contributed by atoms with Crippen LogP contribution in [0, 0.1) is 6.92 Å². The molecular formula is C19H25F2N3O3. The third kappa shape index (κ3) is 3.81. The maximum atomic E-state index is 12.9. The molecule has 1 saturated heterocycles. The lowest BCUT2D eigenvalue weighted by Crippen LogP contribution is -2.56. The van der Waals surface area contributed by atoms with Gasteiger partial charge in [0.2, 0.25) is 0 Å². The van der Waals surface area contributed by atoms with Crippen molar-refractivity contribution in [2.45, 2.75) is 44.6 Å². The Kier molecular flexibility index (Phi) is 5.74. The van der Waals surface area contributed by atoms with Gasteiger partial charge in [0.05, 0.1) is 0 Å². The Morgan fingerprint density at radius 1 is 1.15 bits per heavy atom. The molecule has 2 heterocycles. The third-order valence-electron chi connectivity index (χ3n) is 5.65. The number of amides is 2. The van der Waals surface area contributed by atoms with Crippen LogP contribution < -0.4 is 0 Å². The van der Waals surface area contributed by atoms with Crippen molar-refractivity contribution in [2.75, 3.05) is 33.3 Å². The SMILES string of the molecule is COC1(C(=O)N2CCN(C(=O)c3cc(C)c(C(F)F)cn3)CC2)CCCC1. The second-order valence-corrected chi connectivity index (χ2v) is 7.22. The normalized spacial score (nSPS) is 19.6. The van der Waals surface area contributed by atoms with Crippen LogP contribution in [0.15, 0.2) is 12.3 Å². The number of piperazine rings is 1. The topological polar surface area (TPSA) is 62.7 Å². The summed E-state index contributed by atoms with van der Waals surface area (Å²) in [4.78, 5) is 32.8. The lowest BCUT2D eigenvalue weighted by Gasteiger charge is -2.39. The highest BCUT2D eigenvalue weighted by atomic mass is 19.3. The molecule has 3 rings (SSSR count). The summed E-state index contributed by atoms with van der Waals surface area (Å²) in [5, 5.41) is 0. The van der Waals surface area contributed by atoms with E-state index in [1.54, 1.807) is 23.8 Å². The van der Waals surface area contributed by atoms with Gasteiger partial charge in [0, 0.05) is 45.0 Å². The third-order valence-corrected chi connectivity index (χ3v) is 5.65. The Balaban J connectivity index is 1.63. The quantitative estimate of drug-likeness (QED) is 0.804. The Labute approximate surface area is 157 Å². The smallest absolute Gasteiger partial charge is 0.272 e. The summed E-state index contributed by atoms with van der Waals surface area (Å²) in [5.74, 6) is -0.293. The minimum atomic E-state index is -2.61. The van der Waals surface area contributed by atoms with E-state index in [0.717, 1.165) is 31.9 Å². The van der Waals surface area contributed by atoms with Crippen LogP contribution in [0.4, 0.5) is 8.78 Å². The standard InChI is InChI=1S/C19H25F2N3O3/c1-13-11-15(22-12-14(13)16(20)21)17(25)23-7-9-24(10-8-23)18(26)19(27-2)5-3-4-6-19/h11-12,16H,3-10H2,1-2H3. The van der Waals surface area contributed by atoms with Crippen molar-refractivity contribution in [3.63, 3.8) is 0 Å². The minimum absolute atomic E-state index is 0.00450. The van der Waals surface area contributed by atoms with E-state index in [2.05, 4.69) is 4.98 Å². The zero-order valence-electron chi connectivity index (χ0n) is 15.7. The van der Waals surface area contributed by atoms with Gasteiger partial charge < -0.3 is 14.5 Å². The number of halogens is 2. The fourth-order valence-corrected chi connectivity index (χ4v) is 3.93. The van der Waals surface area contributed by atoms with Crippen molar-refractivity contribution < 1.29 is 23.1 Å². The van der Waals surface area contributed by atoms with Crippen LogP contribution in [0.3, 0.4) is 0 Å². The molecule has 0 unspecified atom stereocenters. The van der Waals surface area contributed by atoms with Crippen LogP contribution in [0.25, 0.3) is 0 Å². The molecule has 0 N–H and O–H groups in total. The maximum absolute atomic E-state index is 12.9. The van der Waals surface area contributed by atoms with Gasteiger partial charge in [-0.15, -0.1) is 0 Å². The molecule has 0 bridgehead atoms. The minimum Gasteiger partial charge on any atom is -0.368 e. The number of nitrogens with zero attached hydrogens (tertiary/aromatic N) is 3. The van der Waals surface area contributed by atoms with E-state index in [-0.39, 0.29) is 23.1 Å². The van der Waals surface area contributed by atoms with Crippen molar-refractivity contribution in [1.29, 1.82) is 0 Å². The molecule has 1 saturated carbocycles. The highest BCUT2D eigenvalue weighted by molar-refractivity contribution is 5.93. The number of hydrogen-bond acceptors (Lipinski definition) is 4. The molecule has 2 aliphatic rings. The monoisotopic (exact) mass is 381 g/mol. The fraction of sp³-hybridized carbons (Fsp3) is 0.632. The molecule has 6 nitrogen and oxygen atoms in total. The lowest BCUT2D eigenvalue weighted by atomic mass is 9.99. The number of pyridine rings is 1. The molecule has 1 aliphatic carbocycles. The Hall–Kier alpha value is -2.09. The molecule has 8 heteroatoms. The van der Waals surface area contributed by atoms with Crippen LogP contribution in [-0.4, -0.2) is 65.5 Å². The van der Waals surface area contributed by atoms with E-state index in [4.69, 9.17) is 4.74 Å². The van der Waals surface area contributed by atoms with Gasteiger partial charge in [-0.3, -0.25) is 14.6 Å². The number of aryl methyl sites for hydroxylation is 1. The van der Waals surface area contributed by atoms with Crippen LogP contribution in [-0.2, 0) is 9.53 Å². The summed E-state index contributed by atoms with van der Waals surface area (Å²) in [6.45, 7) is 3.19. The molecule has 27 heavy (non-hydrogen) atoms. The van der Waals surface area contributed by atoms with Crippen molar-refractivity contribution in [1.82, 2.24) is 14.8 Å². The average Bonchev–Trinajstić information content (AvgIpc) is 3.17. The number of aromatic nitrogens is 1. The average molecular weight is 381 g/mol. The summed E-state index contributed by atoms with van der Waals surface area (Å²) in [7, 11) is 1.58. The second-order valence-electron chi connectivity index (χ2n) is 7.22. The molecular weight excluding hydrogens is 356 g/mol. The molecule has 148 valence electrons. The van der Waals surface area contributed by atoms with Crippen molar-refractivity contribution in [2.24, 2.45) is 0 Å². The number of carbonyl (C=O) groups excluding carboxylic acids is 2. The van der Waals surface area contributed by atoms with E-state index < -0.39 is 12.0 Å². The molecule has 0 atom stereocenters. The molecule has 1 aromatic rings. The van der Waals surface area contributed by atoms with Crippen LogP contribution in [0.1, 0.15) is 53.7 Å². The number of alkyl halides is 2. The summed E-state index contributed by atoms with van der Waals surface area (Å²) < 4.78 is 31.2. The maximum Gasteiger partial charge on any atom is 0.272 e. The summed E-state index contributed by atoms with van der Waals surface area (Å²) >= 11 is 0. The Bertz CT molecular complexity index is 712. The zero-order chi connectivity index (χ0) is 19.6. The van der Waals surface area contributed by atoms with Crippen molar-refractivity contribution in [3.8, 4) is 0 Å². The zero-order valence-corrected chi connectivity index (χ0v) is 15.7. The van der Waals surface area contributed by atoms with Gasteiger partial charge in [-0.2, -0.15) is 0 Å². The highest BCUT2D eigenvalue weighted by Gasteiger charge is 2.44. The van der Waals surface area contributed by atoms with Gasteiger partial charge in [0.1, 0.15) is 11.3 Å². The molecule has 2 fully saturated rings. The van der Waals surface area contributed by atoms with Gasteiger partial charge in [0.25, 0.3) is 18.2 Å². The number of methoxy groups -OCH3 is 1. The van der Waals surface area contributed by atoms with E-state index in [1.807, 2.05) is 0 Å². The number of rotatable bonds is 4. The van der Waals surface area contributed by atoms with Crippen LogP contribution in [0.5, 0.6) is 0 Å². The predicted octanol–water partition coefficient (Wildman–Crippen LogP) is 2.57. The van der Waals surface area contributed by atoms with Crippen LogP contribution in [0.2, 0.25) is 0 Å². The molecule has 0 aromatic carbocycles. The van der Waals surface area contributed by atoms with E-state index >= 15 is 0 Å². The number of hydrogen-bond donors (Lipinski definition) is 0.